The molecule has 2 heteroatoms. The molecule has 0 radical (unpaired) electrons. The summed E-state index contributed by atoms with van der Waals surface area (Å²) in [4.78, 5) is 13.6. The highest BCUT2D eigenvalue weighted by Gasteiger charge is 2.25. The average Bonchev–Trinajstić information content (AvgIpc) is 2.07. The van der Waals surface area contributed by atoms with E-state index in [1.165, 1.54) is 0 Å². The van der Waals surface area contributed by atoms with E-state index >= 15 is 0 Å². The number of hydrogen-bond acceptors (Lipinski definition) is 2. The molecule has 0 aromatic carbocycles. The van der Waals surface area contributed by atoms with Crippen molar-refractivity contribution in [2.75, 3.05) is 14.1 Å². The minimum atomic E-state index is 0.343. The zero-order valence-corrected chi connectivity index (χ0v) is 9.71. The summed E-state index contributed by atoms with van der Waals surface area (Å²) in [6.45, 7) is 4.49. The molecule has 0 heterocycles. The number of allylic oxidation sites excluding steroid dienone is 1. The lowest BCUT2D eigenvalue weighted by atomic mass is 9.79. The van der Waals surface area contributed by atoms with Crippen molar-refractivity contribution in [1.29, 1.82) is 0 Å². The van der Waals surface area contributed by atoms with Gasteiger partial charge in [-0.2, -0.15) is 0 Å². The zero-order chi connectivity index (χ0) is 10.7. The lowest BCUT2D eigenvalue weighted by Crippen LogP contribution is -2.22. The first-order valence-electron chi connectivity index (χ1n) is 5.41. The molecule has 0 aromatic rings. The van der Waals surface area contributed by atoms with Crippen molar-refractivity contribution in [3.63, 3.8) is 0 Å². The van der Waals surface area contributed by atoms with Crippen molar-refractivity contribution >= 4 is 5.78 Å². The fraction of sp³-hybridized carbons (Fsp3) is 0.750. The van der Waals surface area contributed by atoms with Crippen LogP contribution in [0, 0.1) is 11.8 Å². The standard InChI is InChI=1S/C12H21NO/c1-9(2)10-5-6-12(14)11(7-10)8-13(3)4/h8-10H,5-7H2,1-4H3. The summed E-state index contributed by atoms with van der Waals surface area (Å²) in [6, 6.07) is 0. The molecule has 1 fully saturated rings. The van der Waals surface area contributed by atoms with E-state index in [9.17, 15) is 4.79 Å². The minimum absolute atomic E-state index is 0.343. The summed E-state index contributed by atoms with van der Waals surface area (Å²) in [6.07, 6.45) is 4.76. The Morgan fingerprint density at radius 3 is 2.57 bits per heavy atom. The maximum absolute atomic E-state index is 11.6. The first-order valence-corrected chi connectivity index (χ1v) is 5.41. The predicted molar refractivity (Wildman–Crippen MR) is 59.0 cm³/mol. The van der Waals surface area contributed by atoms with Crippen LogP contribution in [0.4, 0.5) is 0 Å². The normalized spacial score (nSPS) is 25.9. The molecule has 0 amide bonds. The Morgan fingerprint density at radius 2 is 2.07 bits per heavy atom. The van der Waals surface area contributed by atoms with Gasteiger partial charge in [0.25, 0.3) is 0 Å². The van der Waals surface area contributed by atoms with Gasteiger partial charge in [-0.05, 0) is 24.7 Å². The Morgan fingerprint density at radius 1 is 1.43 bits per heavy atom. The third-order valence-corrected chi connectivity index (χ3v) is 2.94. The highest BCUT2D eigenvalue weighted by Crippen LogP contribution is 2.31. The van der Waals surface area contributed by atoms with Gasteiger partial charge in [0.15, 0.2) is 5.78 Å². The molecule has 1 unspecified atom stereocenters. The van der Waals surface area contributed by atoms with Gasteiger partial charge in [0.2, 0.25) is 0 Å². The van der Waals surface area contributed by atoms with Crippen LogP contribution in [0.25, 0.3) is 0 Å². The number of hydrogen-bond donors (Lipinski definition) is 0. The van der Waals surface area contributed by atoms with E-state index in [1.807, 2.05) is 25.2 Å². The molecule has 0 spiro atoms. The molecule has 0 bridgehead atoms. The average molecular weight is 195 g/mol. The monoisotopic (exact) mass is 195 g/mol. The van der Waals surface area contributed by atoms with Crippen molar-refractivity contribution in [2.45, 2.75) is 33.1 Å². The molecule has 1 aliphatic rings. The van der Waals surface area contributed by atoms with Gasteiger partial charge < -0.3 is 4.90 Å². The van der Waals surface area contributed by atoms with Gasteiger partial charge in [-0.3, -0.25) is 4.79 Å². The van der Waals surface area contributed by atoms with E-state index in [1.54, 1.807) is 0 Å². The van der Waals surface area contributed by atoms with Gasteiger partial charge in [0.1, 0.15) is 0 Å². The molecule has 0 aromatic heterocycles. The molecule has 14 heavy (non-hydrogen) atoms. The summed E-state index contributed by atoms with van der Waals surface area (Å²) in [5, 5.41) is 0. The topological polar surface area (TPSA) is 20.3 Å². The Hall–Kier alpha value is -0.790. The van der Waals surface area contributed by atoms with Crippen LogP contribution in [0.15, 0.2) is 11.8 Å². The van der Waals surface area contributed by atoms with Crippen molar-refractivity contribution < 1.29 is 4.79 Å². The van der Waals surface area contributed by atoms with Gasteiger partial charge in [0, 0.05) is 32.3 Å². The van der Waals surface area contributed by atoms with E-state index < -0.39 is 0 Å². The van der Waals surface area contributed by atoms with Crippen molar-refractivity contribution in [2.24, 2.45) is 11.8 Å². The van der Waals surface area contributed by atoms with E-state index in [0.717, 1.165) is 24.8 Å². The molecule has 1 atom stereocenters. The minimum Gasteiger partial charge on any atom is -0.383 e. The van der Waals surface area contributed by atoms with E-state index in [-0.39, 0.29) is 0 Å². The second-order valence-electron chi connectivity index (χ2n) is 4.79. The van der Waals surface area contributed by atoms with Crippen LogP contribution in [-0.2, 0) is 4.79 Å². The van der Waals surface area contributed by atoms with Gasteiger partial charge in [-0.15, -0.1) is 0 Å². The Bertz CT molecular complexity index is 241. The predicted octanol–water partition coefficient (Wildman–Crippen LogP) is 2.46. The van der Waals surface area contributed by atoms with E-state index in [4.69, 9.17) is 0 Å². The Kier molecular flexibility index (Phi) is 3.73. The van der Waals surface area contributed by atoms with Crippen LogP contribution in [-0.4, -0.2) is 24.8 Å². The molecule has 0 aliphatic heterocycles. The molecule has 0 saturated heterocycles. The van der Waals surface area contributed by atoms with Crippen molar-refractivity contribution in [3.05, 3.63) is 11.8 Å². The fourth-order valence-corrected chi connectivity index (χ4v) is 1.98. The molecule has 80 valence electrons. The second kappa shape index (κ2) is 4.63. The highest BCUT2D eigenvalue weighted by molar-refractivity contribution is 5.95. The Balaban J connectivity index is 2.69. The lowest BCUT2D eigenvalue weighted by Gasteiger charge is -2.27. The van der Waals surface area contributed by atoms with Crippen LogP contribution < -0.4 is 0 Å². The van der Waals surface area contributed by atoms with Crippen LogP contribution in [0.5, 0.6) is 0 Å². The van der Waals surface area contributed by atoms with E-state index in [2.05, 4.69) is 13.8 Å². The summed E-state index contributed by atoms with van der Waals surface area (Å²) in [5.74, 6) is 1.73. The van der Waals surface area contributed by atoms with E-state index in [0.29, 0.717) is 17.6 Å². The van der Waals surface area contributed by atoms with Crippen molar-refractivity contribution in [1.82, 2.24) is 4.90 Å². The van der Waals surface area contributed by atoms with Crippen LogP contribution >= 0.6 is 0 Å². The summed E-state index contributed by atoms with van der Waals surface area (Å²) >= 11 is 0. The third-order valence-electron chi connectivity index (χ3n) is 2.94. The largest absolute Gasteiger partial charge is 0.383 e. The SMILES string of the molecule is CC(C)C1CCC(=O)C(=CN(C)C)C1. The second-order valence-corrected chi connectivity index (χ2v) is 4.79. The Labute approximate surface area is 87.0 Å². The maximum Gasteiger partial charge on any atom is 0.160 e. The number of nitrogens with zero attached hydrogens (tertiary/aromatic N) is 1. The number of Topliss-reactive ketones (excluding diaryl/α,β-unsaturated/α-hetero) is 1. The summed E-state index contributed by atoms with van der Waals surface area (Å²) in [7, 11) is 3.94. The number of rotatable bonds is 2. The molecule has 1 aliphatic carbocycles. The summed E-state index contributed by atoms with van der Waals surface area (Å²) < 4.78 is 0. The molecule has 1 saturated carbocycles. The number of carbonyl (C=O) groups is 1. The fourth-order valence-electron chi connectivity index (χ4n) is 1.98. The molecule has 2 nitrogen and oxygen atoms in total. The first kappa shape index (κ1) is 11.3. The van der Waals surface area contributed by atoms with Gasteiger partial charge in [-0.1, -0.05) is 13.8 Å². The van der Waals surface area contributed by atoms with Crippen LogP contribution in [0.1, 0.15) is 33.1 Å². The van der Waals surface area contributed by atoms with Gasteiger partial charge in [-0.25, -0.2) is 0 Å². The van der Waals surface area contributed by atoms with Crippen LogP contribution in [0.3, 0.4) is 0 Å². The molecule has 1 rings (SSSR count). The molecular formula is C12H21NO. The third kappa shape index (κ3) is 2.86. The number of carbonyl (C=O) groups excluding carboxylic acids is 1. The van der Waals surface area contributed by atoms with Crippen molar-refractivity contribution in [3.8, 4) is 0 Å². The lowest BCUT2D eigenvalue weighted by molar-refractivity contribution is -0.117. The summed E-state index contributed by atoms with van der Waals surface area (Å²) in [5.41, 5.74) is 1.01. The smallest absolute Gasteiger partial charge is 0.160 e. The quantitative estimate of drug-likeness (QED) is 0.631. The molecule has 0 N–H and O–H groups in total. The van der Waals surface area contributed by atoms with Gasteiger partial charge in [0.05, 0.1) is 0 Å². The molecular weight excluding hydrogens is 174 g/mol. The zero-order valence-electron chi connectivity index (χ0n) is 9.71. The van der Waals surface area contributed by atoms with Gasteiger partial charge >= 0.3 is 0 Å². The number of ketones is 1. The highest BCUT2D eigenvalue weighted by atomic mass is 16.1. The first-order chi connectivity index (χ1) is 6.50. The van der Waals surface area contributed by atoms with Crippen LogP contribution in [0.2, 0.25) is 0 Å². The maximum atomic E-state index is 11.6.